The molecule has 5 atom stereocenters. The molecular weight excluding hydrogens is 414 g/mol. The first kappa shape index (κ1) is 22.4. The van der Waals surface area contributed by atoms with E-state index in [0.29, 0.717) is 18.4 Å². The second-order valence-corrected chi connectivity index (χ2v) is 10.6. The monoisotopic (exact) mass is 449 g/mol. The lowest BCUT2D eigenvalue weighted by Crippen LogP contribution is -2.59. The molecule has 0 unspecified atom stereocenters. The van der Waals surface area contributed by atoms with Crippen LogP contribution < -0.4 is 10.1 Å². The van der Waals surface area contributed by atoms with Gasteiger partial charge in [-0.05, 0) is 59.1 Å². The van der Waals surface area contributed by atoms with Gasteiger partial charge in [-0.3, -0.25) is 4.79 Å². The number of benzene rings is 2. The fourth-order valence-electron chi connectivity index (χ4n) is 7.19. The fourth-order valence-corrected chi connectivity index (χ4v) is 7.19. The molecule has 2 bridgehead atoms. The van der Waals surface area contributed by atoms with Gasteiger partial charge < -0.3 is 19.9 Å². The first-order valence-corrected chi connectivity index (χ1v) is 12.2. The molecule has 0 radical (unpaired) electrons. The van der Waals surface area contributed by atoms with Crippen LogP contribution in [0, 0.1) is 22.7 Å². The van der Waals surface area contributed by atoms with Crippen molar-refractivity contribution in [1.82, 2.24) is 5.32 Å². The van der Waals surface area contributed by atoms with Crippen molar-refractivity contribution in [3.8, 4) is 16.9 Å². The third-order valence-corrected chi connectivity index (χ3v) is 8.81. The van der Waals surface area contributed by atoms with Gasteiger partial charge in [0.25, 0.3) is 0 Å². The first-order chi connectivity index (χ1) is 15.9. The molecule has 3 aliphatic rings. The molecule has 1 heterocycles. The Morgan fingerprint density at radius 2 is 1.94 bits per heavy atom. The highest BCUT2D eigenvalue weighted by Crippen LogP contribution is 2.70. The summed E-state index contributed by atoms with van der Waals surface area (Å²) in [5, 5.41) is 12.6. The van der Waals surface area contributed by atoms with Crippen molar-refractivity contribution in [2.24, 2.45) is 22.7 Å². The van der Waals surface area contributed by atoms with Gasteiger partial charge in [0.15, 0.2) is 0 Å². The summed E-state index contributed by atoms with van der Waals surface area (Å²) >= 11 is 0. The molecular formula is C28H35NO4. The largest absolute Gasteiger partial charge is 0.496 e. The predicted molar refractivity (Wildman–Crippen MR) is 128 cm³/mol. The lowest BCUT2D eigenvalue weighted by molar-refractivity contribution is -0.137. The summed E-state index contributed by atoms with van der Waals surface area (Å²) in [4.78, 5) is 12.5. The summed E-state index contributed by atoms with van der Waals surface area (Å²) in [5.74, 6) is 1.79. The van der Waals surface area contributed by atoms with E-state index in [4.69, 9.17) is 9.47 Å². The van der Waals surface area contributed by atoms with Crippen LogP contribution in [-0.2, 0) is 9.53 Å². The van der Waals surface area contributed by atoms with E-state index < -0.39 is 0 Å². The van der Waals surface area contributed by atoms with Gasteiger partial charge in [-0.2, -0.15) is 0 Å². The van der Waals surface area contributed by atoms with Crippen LogP contribution in [0.1, 0.15) is 51.2 Å². The predicted octanol–water partition coefficient (Wildman–Crippen LogP) is 4.74. The molecule has 2 saturated carbocycles. The zero-order chi connectivity index (χ0) is 23.2. The van der Waals surface area contributed by atoms with Crippen LogP contribution in [-0.4, -0.2) is 37.4 Å². The number of ether oxygens (including phenoxy) is 2. The molecule has 1 spiro atoms. The van der Waals surface area contributed by atoms with E-state index in [1.54, 1.807) is 7.11 Å². The molecule has 3 fully saturated rings. The molecule has 1 amide bonds. The lowest BCUT2D eigenvalue weighted by Gasteiger charge is -2.53. The number of para-hydroxylation sites is 1. The van der Waals surface area contributed by atoms with E-state index in [0.717, 1.165) is 36.1 Å². The highest BCUT2D eigenvalue weighted by Gasteiger charge is 2.68. The van der Waals surface area contributed by atoms with Crippen LogP contribution >= 0.6 is 0 Å². The quantitative estimate of drug-likeness (QED) is 0.668. The van der Waals surface area contributed by atoms with Crippen molar-refractivity contribution in [1.29, 1.82) is 0 Å². The standard InChI is InChI=1S/C28H35NO4/c1-27(2)20-16-22-25(33-15-13-28(22,17-20)26(27)29-24(31)12-14-30)19-10-8-18(9-11-19)21-6-4-5-7-23(21)32-3/h4-11,20,22,25-26,30H,12-17H2,1-3H3,(H,29,31)/t20-,22-,25-,26-,28-/m1/s1. The maximum Gasteiger partial charge on any atom is 0.222 e. The van der Waals surface area contributed by atoms with Gasteiger partial charge in [0.1, 0.15) is 5.75 Å². The smallest absolute Gasteiger partial charge is 0.222 e. The molecule has 2 aromatic rings. The summed E-state index contributed by atoms with van der Waals surface area (Å²) in [6, 6.07) is 16.9. The number of amides is 1. The molecule has 2 aliphatic carbocycles. The van der Waals surface area contributed by atoms with Crippen molar-refractivity contribution in [3.05, 3.63) is 54.1 Å². The van der Waals surface area contributed by atoms with Gasteiger partial charge in [0, 0.05) is 24.6 Å². The van der Waals surface area contributed by atoms with Gasteiger partial charge in [0.05, 0.1) is 19.8 Å². The number of aliphatic hydroxyl groups excluding tert-OH is 1. The molecule has 5 rings (SSSR count). The van der Waals surface area contributed by atoms with Crippen molar-refractivity contribution in [2.75, 3.05) is 20.3 Å². The first-order valence-electron chi connectivity index (χ1n) is 12.2. The number of fused-ring (bicyclic) bond motifs is 1. The minimum absolute atomic E-state index is 0.0412. The van der Waals surface area contributed by atoms with E-state index in [-0.39, 0.29) is 41.9 Å². The zero-order valence-corrected chi connectivity index (χ0v) is 19.8. The fraction of sp³-hybridized carbons (Fsp3) is 0.536. The highest BCUT2D eigenvalue weighted by atomic mass is 16.5. The molecule has 176 valence electrons. The Morgan fingerprint density at radius 1 is 1.18 bits per heavy atom. The normalized spacial score (nSPS) is 31.8. The molecule has 1 aliphatic heterocycles. The zero-order valence-electron chi connectivity index (χ0n) is 19.8. The molecule has 2 aromatic carbocycles. The van der Waals surface area contributed by atoms with Crippen molar-refractivity contribution in [2.45, 2.75) is 51.7 Å². The number of carbonyl (C=O) groups is 1. The number of hydrogen-bond acceptors (Lipinski definition) is 4. The molecule has 1 saturated heterocycles. The van der Waals surface area contributed by atoms with Gasteiger partial charge in [-0.1, -0.05) is 56.3 Å². The van der Waals surface area contributed by atoms with Crippen molar-refractivity contribution in [3.63, 3.8) is 0 Å². The topological polar surface area (TPSA) is 67.8 Å². The Morgan fingerprint density at radius 3 is 2.67 bits per heavy atom. The van der Waals surface area contributed by atoms with Crippen LogP contribution in [0.3, 0.4) is 0 Å². The highest BCUT2D eigenvalue weighted by molar-refractivity contribution is 5.76. The summed E-state index contributed by atoms with van der Waals surface area (Å²) in [6.07, 6.45) is 3.48. The average molecular weight is 450 g/mol. The molecule has 5 heteroatoms. The molecule has 0 aromatic heterocycles. The minimum Gasteiger partial charge on any atom is -0.496 e. The van der Waals surface area contributed by atoms with Gasteiger partial charge in [0.2, 0.25) is 5.91 Å². The van der Waals surface area contributed by atoms with Gasteiger partial charge >= 0.3 is 0 Å². The van der Waals surface area contributed by atoms with E-state index in [2.05, 4.69) is 49.5 Å². The number of methoxy groups -OCH3 is 1. The number of hydrogen-bond donors (Lipinski definition) is 2. The van der Waals surface area contributed by atoms with E-state index in [1.807, 2.05) is 18.2 Å². The Balaban J connectivity index is 1.43. The summed E-state index contributed by atoms with van der Waals surface area (Å²) in [7, 11) is 1.70. The third kappa shape index (κ3) is 3.57. The minimum atomic E-state index is -0.108. The number of aliphatic hydroxyl groups is 1. The Hall–Kier alpha value is -2.37. The number of carbonyl (C=O) groups excluding carboxylic acids is 1. The van der Waals surface area contributed by atoms with Crippen molar-refractivity contribution < 1.29 is 19.4 Å². The maximum atomic E-state index is 12.5. The van der Waals surface area contributed by atoms with Crippen LogP contribution in [0.15, 0.2) is 48.5 Å². The summed E-state index contributed by atoms with van der Waals surface area (Å²) < 4.78 is 11.9. The third-order valence-electron chi connectivity index (χ3n) is 8.81. The van der Waals surface area contributed by atoms with Crippen LogP contribution in [0.4, 0.5) is 0 Å². The van der Waals surface area contributed by atoms with E-state index in [9.17, 15) is 9.90 Å². The lowest BCUT2D eigenvalue weighted by atomic mass is 9.59. The average Bonchev–Trinajstić information content (AvgIpc) is 3.31. The van der Waals surface area contributed by atoms with Crippen LogP contribution in [0.2, 0.25) is 0 Å². The second kappa shape index (κ2) is 8.44. The maximum absolute atomic E-state index is 12.5. The van der Waals surface area contributed by atoms with E-state index >= 15 is 0 Å². The van der Waals surface area contributed by atoms with Gasteiger partial charge in [-0.25, -0.2) is 0 Å². The van der Waals surface area contributed by atoms with Crippen LogP contribution in [0.25, 0.3) is 11.1 Å². The molecule has 2 N–H and O–H groups in total. The number of nitrogens with one attached hydrogen (secondary N) is 1. The number of rotatable bonds is 6. The summed E-state index contributed by atoms with van der Waals surface area (Å²) in [6.45, 7) is 5.21. The Bertz CT molecular complexity index is 1020. The van der Waals surface area contributed by atoms with E-state index in [1.165, 1.54) is 5.56 Å². The molecule has 33 heavy (non-hydrogen) atoms. The van der Waals surface area contributed by atoms with Crippen LogP contribution in [0.5, 0.6) is 5.75 Å². The van der Waals surface area contributed by atoms with Gasteiger partial charge in [-0.15, -0.1) is 0 Å². The second-order valence-electron chi connectivity index (χ2n) is 10.6. The molecule has 5 nitrogen and oxygen atoms in total. The summed E-state index contributed by atoms with van der Waals surface area (Å²) in [5.41, 5.74) is 3.54. The SMILES string of the molecule is COc1ccccc1-c1ccc([C@H]2OCC[C@@]34C[C@@H](C[C@H]23)C(C)(C)[C@H]4NC(=O)CCO)cc1. The van der Waals surface area contributed by atoms with Crippen molar-refractivity contribution >= 4 is 5.91 Å². The Kier molecular flexibility index (Phi) is 5.74. The Labute approximate surface area is 196 Å².